The molecule has 4 rings (SSSR count). The zero-order chi connectivity index (χ0) is 23.4. The second kappa shape index (κ2) is 9.58. The van der Waals surface area contributed by atoms with E-state index in [4.69, 9.17) is 0 Å². The molecule has 0 bridgehead atoms. The molecule has 164 valence electrons. The van der Waals surface area contributed by atoms with E-state index in [1.54, 1.807) is 18.2 Å². The molecule has 0 saturated carbocycles. The number of benzene rings is 3. The average Bonchev–Trinajstić information content (AvgIpc) is 3.13. The third-order valence-corrected chi connectivity index (χ3v) is 5.73. The molecule has 1 heterocycles. The highest BCUT2D eigenvalue weighted by molar-refractivity contribution is 8.18. The van der Waals surface area contributed by atoms with Gasteiger partial charge >= 0.3 is 0 Å². The number of nitro groups is 1. The second-order valence-electron chi connectivity index (χ2n) is 7.29. The lowest BCUT2D eigenvalue weighted by molar-refractivity contribution is -0.384. The molecule has 1 amide bonds. The van der Waals surface area contributed by atoms with E-state index >= 15 is 0 Å². The van der Waals surface area contributed by atoms with Crippen LogP contribution in [-0.4, -0.2) is 16.0 Å². The van der Waals surface area contributed by atoms with Crippen molar-refractivity contribution in [2.45, 2.75) is 13.8 Å². The number of nitrogens with one attached hydrogen (secondary N) is 1. The van der Waals surface area contributed by atoms with Crippen molar-refractivity contribution in [3.63, 3.8) is 0 Å². The molecule has 8 nitrogen and oxygen atoms in total. The van der Waals surface area contributed by atoms with E-state index in [1.165, 1.54) is 23.9 Å². The molecule has 0 atom stereocenters. The number of hydrogen-bond acceptors (Lipinski definition) is 7. The number of amidine groups is 1. The van der Waals surface area contributed by atoms with Crippen molar-refractivity contribution in [3.8, 4) is 0 Å². The number of aryl methyl sites for hydroxylation is 2. The lowest BCUT2D eigenvalue weighted by atomic mass is 10.2. The van der Waals surface area contributed by atoms with Crippen LogP contribution in [0.4, 0.5) is 22.7 Å². The van der Waals surface area contributed by atoms with Gasteiger partial charge in [-0.2, -0.15) is 10.2 Å². The Morgan fingerprint density at radius 1 is 0.939 bits per heavy atom. The van der Waals surface area contributed by atoms with Gasteiger partial charge in [0.05, 0.1) is 26.9 Å². The molecule has 0 aliphatic carbocycles. The number of azo groups is 1. The van der Waals surface area contributed by atoms with E-state index < -0.39 is 4.92 Å². The molecule has 9 heteroatoms. The van der Waals surface area contributed by atoms with Crippen LogP contribution in [0.25, 0.3) is 6.08 Å². The summed E-state index contributed by atoms with van der Waals surface area (Å²) in [5.41, 5.74) is 4.68. The zero-order valence-electron chi connectivity index (χ0n) is 17.9. The van der Waals surface area contributed by atoms with Gasteiger partial charge in [0.1, 0.15) is 0 Å². The van der Waals surface area contributed by atoms with Crippen LogP contribution in [0.5, 0.6) is 0 Å². The van der Waals surface area contributed by atoms with Crippen LogP contribution >= 0.6 is 11.8 Å². The molecular weight excluding hydrogens is 438 g/mol. The van der Waals surface area contributed by atoms with E-state index in [2.05, 4.69) is 20.5 Å². The number of rotatable bonds is 5. The van der Waals surface area contributed by atoms with Crippen molar-refractivity contribution in [1.29, 1.82) is 0 Å². The topological polar surface area (TPSA) is 109 Å². The molecule has 0 spiro atoms. The molecule has 1 fully saturated rings. The number of nitro benzene ring substituents is 1. The minimum absolute atomic E-state index is 0.0306. The fourth-order valence-corrected chi connectivity index (χ4v) is 3.92. The summed E-state index contributed by atoms with van der Waals surface area (Å²) >= 11 is 1.18. The lowest BCUT2D eigenvalue weighted by Crippen LogP contribution is -2.19. The highest BCUT2D eigenvalue weighted by Gasteiger charge is 2.24. The average molecular weight is 458 g/mol. The Kier molecular flexibility index (Phi) is 6.41. The molecular formula is C24H19N5O3S. The number of aliphatic imine (C=N–C) groups is 1. The van der Waals surface area contributed by atoms with Gasteiger partial charge in [-0.05, 0) is 72.6 Å². The first-order valence-corrected chi connectivity index (χ1v) is 10.8. The van der Waals surface area contributed by atoms with Crippen LogP contribution in [0.2, 0.25) is 0 Å². The van der Waals surface area contributed by atoms with Crippen LogP contribution in [0, 0.1) is 24.0 Å². The molecule has 1 aliphatic heterocycles. The number of hydrogen-bond donors (Lipinski definition) is 1. The molecule has 0 radical (unpaired) electrons. The highest BCUT2D eigenvalue weighted by atomic mass is 32.2. The van der Waals surface area contributed by atoms with Crippen LogP contribution in [0.1, 0.15) is 16.7 Å². The summed E-state index contributed by atoms with van der Waals surface area (Å²) in [7, 11) is 0. The Bertz CT molecular complexity index is 1350. The van der Waals surface area contributed by atoms with Crippen LogP contribution in [0.15, 0.2) is 86.9 Å². The fraction of sp³-hybridized carbons (Fsp3) is 0.0833. The van der Waals surface area contributed by atoms with E-state index in [1.807, 2.05) is 56.3 Å². The third-order valence-electron chi connectivity index (χ3n) is 4.82. The summed E-state index contributed by atoms with van der Waals surface area (Å²) in [5.74, 6) is -0.299. The predicted molar refractivity (Wildman–Crippen MR) is 130 cm³/mol. The third kappa shape index (κ3) is 5.39. The van der Waals surface area contributed by atoms with E-state index in [-0.39, 0.29) is 11.6 Å². The van der Waals surface area contributed by atoms with Crippen molar-refractivity contribution < 1.29 is 9.72 Å². The van der Waals surface area contributed by atoms with E-state index in [9.17, 15) is 14.9 Å². The summed E-state index contributed by atoms with van der Waals surface area (Å²) in [6, 6.07) is 19.4. The fourth-order valence-electron chi connectivity index (χ4n) is 3.08. The summed E-state index contributed by atoms with van der Waals surface area (Å²) in [5, 5.41) is 22.7. The van der Waals surface area contributed by atoms with Crippen molar-refractivity contribution in [1.82, 2.24) is 5.32 Å². The standard InChI is InChI=1S/C24H19N5O3S/c1-15-6-3-4-9-21(15)28-27-18-10-11-20(16(2)12-18)25-24-26-23(30)22(33-24)14-17-7-5-8-19(13-17)29(31)32/h3-14H,1-2H3,(H,25,26,30)/b22-14-,28-27?. The number of carbonyl (C=O) groups is 1. The first kappa shape index (κ1) is 22.1. The minimum Gasteiger partial charge on any atom is -0.300 e. The van der Waals surface area contributed by atoms with Gasteiger partial charge in [-0.25, -0.2) is 4.99 Å². The maximum atomic E-state index is 12.3. The number of nitrogens with zero attached hydrogens (tertiary/aromatic N) is 4. The van der Waals surface area contributed by atoms with Crippen LogP contribution in [0.3, 0.4) is 0 Å². The Morgan fingerprint density at radius 3 is 2.52 bits per heavy atom. The zero-order valence-corrected chi connectivity index (χ0v) is 18.7. The minimum atomic E-state index is -0.468. The first-order chi connectivity index (χ1) is 15.9. The molecule has 0 aromatic heterocycles. The van der Waals surface area contributed by atoms with Crippen LogP contribution < -0.4 is 5.32 Å². The number of carbonyl (C=O) groups excluding carboxylic acids is 1. The maximum Gasteiger partial charge on any atom is 0.270 e. The van der Waals surface area contributed by atoms with Crippen molar-refractivity contribution in [3.05, 3.63) is 98.4 Å². The molecule has 1 aliphatic rings. The highest BCUT2D eigenvalue weighted by Crippen LogP contribution is 2.31. The van der Waals surface area contributed by atoms with Gasteiger partial charge in [-0.1, -0.05) is 30.3 Å². The second-order valence-corrected chi connectivity index (χ2v) is 8.32. The van der Waals surface area contributed by atoms with Gasteiger partial charge in [0.25, 0.3) is 11.6 Å². The SMILES string of the molecule is Cc1ccccc1N=Nc1ccc(N=C2NC(=O)/C(=C/c3cccc([N+](=O)[O-])c3)S2)c(C)c1. The Hall–Kier alpha value is -4.11. The maximum absolute atomic E-state index is 12.3. The predicted octanol–water partition coefficient (Wildman–Crippen LogP) is 6.52. The molecule has 33 heavy (non-hydrogen) atoms. The van der Waals surface area contributed by atoms with Crippen molar-refractivity contribution in [2.75, 3.05) is 0 Å². The quantitative estimate of drug-likeness (QED) is 0.203. The van der Waals surface area contributed by atoms with E-state index in [0.717, 1.165) is 16.8 Å². The smallest absolute Gasteiger partial charge is 0.270 e. The number of amides is 1. The Labute approximate surface area is 194 Å². The molecule has 0 unspecified atom stereocenters. The molecule has 1 N–H and O–H groups in total. The monoisotopic (exact) mass is 457 g/mol. The summed E-state index contributed by atoms with van der Waals surface area (Å²) in [4.78, 5) is 27.8. The number of thioether (sulfide) groups is 1. The van der Waals surface area contributed by atoms with Gasteiger partial charge in [0.2, 0.25) is 0 Å². The van der Waals surface area contributed by atoms with Crippen molar-refractivity contribution in [2.24, 2.45) is 15.2 Å². The van der Waals surface area contributed by atoms with Crippen LogP contribution in [-0.2, 0) is 4.79 Å². The first-order valence-electron chi connectivity index (χ1n) is 10.0. The normalized spacial score (nSPS) is 16.0. The van der Waals surface area contributed by atoms with Gasteiger partial charge in [0.15, 0.2) is 5.17 Å². The largest absolute Gasteiger partial charge is 0.300 e. The summed E-state index contributed by atoms with van der Waals surface area (Å²) in [6.45, 7) is 3.89. The molecule has 1 saturated heterocycles. The Balaban J connectivity index is 1.51. The van der Waals surface area contributed by atoms with E-state index in [0.29, 0.717) is 27.0 Å². The van der Waals surface area contributed by atoms with Gasteiger partial charge < -0.3 is 5.32 Å². The number of non-ortho nitro benzene ring substituents is 1. The summed E-state index contributed by atoms with van der Waals surface area (Å²) in [6.07, 6.45) is 1.61. The molecule has 3 aromatic carbocycles. The Morgan fingerprint density at radius 2 is 1.76 bits per heavy atom. The summed E-state index contributed by atoms with van der Waals surface area (Å²) < 4.78 is 0. The van der Waals surface area contributed by atoms with Crippen molar-refractivity contribution >= 4 is 51.7 Å². The van der Waals surface area contributed by atoms with Gasteiger partial charge in [-0.15, -0.1) is 0 Å². The van der Waals surface area contributed by atoms with Gasteiger partial charge in [0, 0.05) is 12.1 Å². The molecule has 3 aromatic rings. The van der Waals surface area contributed by atoms with Gasteiger partial charge in [-0.3, -0.25) is 14.9 Å². The lowest BCUT2D eigenvalue weighted by Gasteiger charge is -2.03.